The first-order valence-electron chi connectivity index (χ1n) is 8.65. The number of hydrogen-bond acceptors (Lipinski definition) is 5. The van der Waals surface area contributed by atoms with Crippen molar-refractivity contribution in [2.75, 3.05) is 37.6 Å². The zero-order chi connectivity index (χ0) is 14.5. The third kappa shape index (κ3) is 4.16. The SMILES string of the molecule is CCc1nsc(N2CCCN(CC3CCCCC3)CC2)n1. The highest BCUT2D eigenvalue weighted by atomic mass is 32.1. The third-order valence-electron chi connectivity index (χ3n) is 4.87. The van der Waals surface area contributed by atoms with Crippen LogP contribution in [0.2, 0.25) is 0 Å². The minimum atomic E-state index is 0.943. The van der Waals surface area contributed by atoms with Gasteiger partial charge in [0.2, 0.25) is 5.13 Å². The molecule has 1 aromatic heterocycles. The molecular weight excluding hydrogens is 280 g/mol. The van der Waals surface area contributed by atoms with Gasteiger partial charge in [0.05, 0.1) is 0 Å². The second-order valence-corrected chi connectivity index (χ2v) is 7.22. The largest absolute Gasteiger partial charge is 0.346 e. The molecule has 1 saturated carbocycles. The van der Waals surface area contributed by atoms with Gasteiger partial charge in [-0.05, 0) is 31.7 Å². The lowest BCUT2D eigenvalue weighted by molar-refractivity contribution is 0.211. The number of aryl methyl sites for hydroxylation is 1. The summed E-state index contributed by atoms with van der Waals surface area (Å²) in [6.45, 7) is 8.15. The molecule has 1 aliphatic heterocycles. The van der Waals surface area contributed by atoms with E-state index in [9.17, 15) is 0 Å². The molecular formula is C16H28N4S. The molecule has 4 nitrogen and oxygen atoms in total. The van der Waals surface area contributed by atoms with E-state index in [0.29, 0.717) is 0 Å². The van der Waals surface area contributed by atoms with Crippen LogP contribution in [0.25, 0.3) is 0 Å². The second kappa shape index (κ2) is 7.54. The Morgan fingerprint density at radius 2 is 1.90 bits per heavy atom. The predicted octanol–water partition coefficient (Wildman–Crippen LogP) is 3.19. The van der Waals surface area contributed by atoms with Crippen molar-refractivity contribution in [3.05, 3.63) is 5.82 Å². The number of aromatic nitrogens is 2. The van der Waals surface area contributed by atoms with Gasteiger partial charge in [0, 0.05) is 44.1 Å². The lowest BCUT2D eigenvalue weighted by Crippen LogP contribution is -2.34. The fourth-order valence-corrected chi connectivity index (χ4v) is 4.40. The van der Waals surface area contributed by atoms with Crippen LogP contribution in [0.1, 0.15) is 51.3 Å². The van der Waals surface area contributed by atoms with E-state index in [0.717, 1.165) is 36.4 Å². The van der Waals surface area contributed by atoms with Crippen molar-refractivity contribution < 1.29 is 0 Å². The molecule has 0 N–H and O–H groups in total. The number of nitrogens with zero attached hydrogens (tertiary/aromatic N) is 4. The van der Waals surface area contributed by atoms with E-state index >= 15 is 0 Å². The molecule has 3 rings (SSSR count). The Hall–Kier alpha value is -0.680. The van der Waals surface area contributed by atoms with Crippen molar-refractivity contribution in [1.29, 1.82) is 0 Å². The van der Waals surface area contributed by atoms with Crippen LogP contribution in [0.5, 0.6) is 0 Å². The fraction of sp³-hybridized carbons (Fsp3) is 0.875. The Kier molecular flexibility index (Phi) is 5.47. The first-order chi connectivity index (χ1) is 10.3. The van der Waals surface area contributed by atoms with Crippen LogP contribution in [0.15, 0.2) is 0 Å². The van der Waals surface area contributed by atoms with E-state index in [2.05, 4.69) is 26.1 Å². The minimum Gasteiger partial charge on any atom is -0.346 e. The average Bonchev–Trinajstić information content (AvgIpc) is 2.89. The summed E-state index contributed by atoms with van der Waals surface area (Å²) >= 11 is 1.57. The van der Waals surface area contributed by atoms with Gasteiger partial charge in [-0.3, -0.25) is 0 Å². The molecule has 0 bridgehead atoms. The van der Waals surface area contributed by atoms with Crippen molar-refractivity contribution >= 4 is 16.7 Å². The normalized spacial score (nSPS) is 22.4. The zero-order valence-electron chi connectivity index (χ0n) is 13.3. The lowest BCUT2D eigenvalue weighted by atomic mass is 9.89. The summed E-state index contributed by atoms with van der Waals surface area (Å²) in [6, 6.07) is 0. The highest BCUT2D eigenvalue weighted by Crippen LogP contribution is 2.25. The summed E-state index contributed by atoms with van der Waals surface area (Å²) in [5, 5.41) is 1.13. The molecule has 5 heteroatoms. The van der Waals surface area contributed by atoms with Crippen molar-refractivity contribution in [3.63, 3.8) is 0 Å². The maximum atomic E-state index is 4.65. The summed E-state index contributed by atoms with van der Waals surface area (Å²) in [6.07, 6.45) is 9.48. The smallest absolute Gasteiger partial charge is 0.205 e. The van der Waals surface area contributed by atoms with E-state index in [4.69, 9.17) is 0 Å². The van der Waals surface area contributed by atoms with Gasteiger partial charge < -0.3 is 9.80 Å². The molecule has 0 spiro atoms. The van der Waals surface area contributed by atoms with Crippen molar-refractivity contribution in [1.82, 2.24) is 14.3 Å². The van der Waals surface area contributed by atoms with Crippen LogP contribution >= 0.6 is 11.5 Å². The van der Waals surface area contributed by atoms with Gasteiger partial charge in [-0.2, -0.15) is 4.37 Å². The molecule has 1 saturated heterocycles. The summed E-state index contributed by atoms with van der Waals surface area (Å²) < 4.78 is 4.43. The quantitative estimate of drug-likeness (QED) is 0.855. The monoisotopic (exact) mass is 308 g/mol. The maximum absolute atomic E-state index is 4.65. The molecule has 0 unspecified atom stereocenters. The predicted molar refractivity (Wildman–Crippen MR) is 89.1 cm³/mol. The van der Waals surface area contributed by atoms with Gasteiger partial charge >= 0.3 is 0 Å². The van der Waals surface area contributed by atoms with E-state index in [1.54, 1.807) is 11.5 Å². The first kappa shape index (κ1) is 15.2. The Balaban J connectivity index is 1.51. The Morgan fingerprint density at radius 1 is 1.05 bits per heavy atom. The summed E-state index contributed by atoms with van der Waals surface area (Å²) in [5.41, 5.74) is 0. The standard InChI is InChI=1S/C16H28N4S/c1-2-15-17-16(21-18-15)20-10-6-9-19(11-12-20)13-14-7-4-3-5-8-14/h14H,2-13H2,1H3. The van der Waals surface area contributed by atoms with Gasteiger partial charge in [-0.1, -0.05) is 26.2 Å². The minimum absolute atomic E-state index is 0.943. The van der Waals surface area contributed by atoms with Crippen LogP contribution in [-0.2, 0) is 6.42 Å². The van der Waals surface area contributed by atoms with Crippen LogP contribution < -0.4 is 4.90 Å². The molecule has 0 aromatic carbocycles. The van der Waals surface area contributed by atoms with Crippen LogP contribution in [0.4, 0.5) is 5.13 Å². The van der Waals surface area contributed by atoms with Gasteiger partial charge in [0.15, 0.2) is 0 Å². The molecule has 2 aliphatic rings. The fourth-order valence-electron chi connectivity index (χ4n) is 3.60. The van der Waals surface area contributed by atoms with Gasteiger partial charge in [0.25, 0.3) is 0 Å². The molecule has 1 aromatic rings. The first-order valence-corrected chi connectivity index (χ1v) is 9.42. The molecule has 0 radical (unpaired) electrons. The maximum Gasteiger partial charge on any atom is 0.205 e. The number of rotatable bonds is 4. The zero-order valence-corrected chi connectivity index (χ0v) is 14.1. The van der Waals surface area contributed by atoms with E-state index in [1.165, 1.54) is 58.2 Å². The highest BCUT2D eigenvalue weighted by Gasteiger charge is 2.21. The van der Waals surface area contributed by atoms with Gasteiger partial charge in [-0.15, -0.1) is 0 Å². The molecule has 0 amide bonds. The Labute approximate surface area is 132 Å². The molecule has 0 atom stereocenters. The van der Waals surface area contributed by atoms with Crippen LogP contribution in [0, 0.1) is 5.92 Å². The summed E-state index contributed by atoms with van der Waals surface area (Å²) in [7, 11) is 0. The van der Waals surface area contributed by atoms with Crippen LogP contribution in [-0.4, -0.2) is 47.0 Å². The molecule has 2 fully saturated rings. The third-order valence-corrected chi connectivity index (χ3v) is 5.69. The van der Waals surface area contributed by atoms with Gasteiger partial charge in [0.1, 0.15) is 5.82 Å². The number of anilines is 1. The van der Waals surface area contributed by atoms with Crippen LogP contribution in [0.3, 0.4) is 0 Å². The van der Waals surface area contributed by atoms with Crippen molar-refractivity contribution in [3.8, 4) is 0 Å². The molecule has 118 valence electrons. The molecule has 1 aliphatic carbocycles. The lowest BCUT2D eigenvalue weighted by Gasteiger charge is -2.28. The van der Waals surface area contributed by atoms with E-state index in [-0.39, 0.29) is 0 Å². The Morgan fingerprint density at radius 3 is 2.67 bits per heavy atom. The summed E-state index contributed by atoms with van der Waals surface area (Å²) in [5.74, 6) is 1.96. The molecule has 21 heavy (non-hydrogen) atoms. The topological polar surface area (TPSA) is 32.3 Å². The van der Waals surface area contributed by atoms with Gasteiger partial charge in [-0.25, -0.2) is 4.98 Å². The van der Waals surface area contributed by atoms with Crippen molar-refractivity contribution in [2.45, 2.75) is 51.9 Å². The average molecular weight is 308 g/mol. The van der Waals surface area contributed by atoms with E-state index in [1.807, 2.05) is 0 Å². The highest BCUT2D eigenvalue weighted by molar-refractivity contribution is 7.09. The van der Waals surface area contributed by atoms with Crippen molar-refractivity contribution in [2.24, 2.45) is 5.92 Å². The summed E-state index contributed by atoms with van der Waals surface area (Å²) in [4.78, 5) is 9.78. The number of hydrogen-bond donors (Lipinski definition) is 0. The Bertz CT molecular complexity index is 428. The van der Waals surface area contributed by atoms with E-state index < -0.39 is 0 Å². The second-order valence-electron chi connectivity index (χ2n) is 6.49. The molecule has 2 heterocycles.